The molecular weight excluding hydrogens is 258 g/mol. The lowest BCUT2D eigenvalue weighted by molar-refractivity contribution is -0.384. The quantitative estimate of drug-likeness (QED) is 0.666. The predicted molar refractivity (Wildman–Crippen MR) is 75.3 cm³/mol. The molecular formula is C13H19N5O2. The van der Waals surface area contributed by atoms with Crippen molar-refractivity contribution in [2.75, 3.05) is 24.2 Å². The van der Waals surface area contributed by atoms with Crippen LogP contribution in [-0.4, -0.2) is 28.5 Å². The molecule has 3 rings (SSSR count). The summed E-state index contributed by atoms with van der Waals surface area (Å²) in [5.41, 5.74) is 5.48. The number of rotatable bonds is 4. The van der Waals surface area contributed by atoms with Gasteiger partial charge >= 0.3 is 5.69 Å². The van der Waals surface area contributed by atoms with Gasteiger partial charge < -0.3 is 10.6 Å². The van der Waals surface area contributed by atoms with Crippen molar-refractivity contribution in [2.24, 2.45) is 17.8 Å². The Morgan fingerprint density at radius 1 is 1.50 bits per heavy atom. The molecule has 1 aromatic heterocycles. The van der Waals surface area contributed by atoms with Crippen molar-refractivity contribution in [3.8, 4) is 0 Å². The van der Waals surface area contributed by atoms with Crippen LogP contribution in [0.4, 0.5) is 17.5 Å². The van der Waals surface area contributed by atoms with Gasteiger partial charge in [-0.3, -0.25) is 10.1 Å². The highest BCUT2D eigenvalue weighted by Crippen LogP contribution is 2.48. The molecule has 3 unspecified atom stereocenters. The zero-order valence-electron chi connectivity index (χ0n) is 11.5. The Morgan fingerprint density at radius 3 is 2.90 bits per heavy atom. The van der Waals surface area contributed by atoms with E-state index in [0.717, 1.165) is 18.4 Å². The first-order chi connectivity index (χ1) is 9.54. The molecule has 0 radical (unpaired) electrons. The number of nitrogens with two attached hydrogens (primary N) is 1. The second-order valence-electron chi connectivity index (χ2n) is 6.01. The molecule has 2 aliphatic carbocycles. The lowest BCUT2D eigenvalue weighted by atomic mass is 9.88. The third kappa shape index (κ3) is 2.28. The smallest absolute Gasteiger partial charge is 0.329 e. The zero-order valence-corrected chi connectivity index (χ0v) is 11.5. The molecule has 108 valence electrons. The van der Waals surface area contributed by atoms with E-state index in [1.807, 2.05) is 11.9 Å². The van der Waals surface area contributed by atoms with Crippen LogP contribution in [0.5, 0.6) is 0 Å². The van der Waals surface area contributed by atoms with Gasteiger partial charge in [0.05, 0.1) is 4.92 Å². The Morgan fingerprint density at radius 2 is 2.30 bits per heavy atom. The van der Waals surface area contributed by atoms with Crippen molar-refractivity contribution in [2.45, 2.75) is 25.7 Å². The summed E-state index contributed by atoms with van der Waals surface area (Å²) in [6.45, 7) is 0.804. The number of fused-ring (bicyclic) bond motifs is 2. The summed E-state index contributed by atoms with van der Waals surface area (Å²) < 4.78 is 0. The van der Waals surface area contributed by atoms with E-state index in [0.29, 0.717) is 11.7 Å². The predicted octanol–water partition coefficient (Wildman–Crippen LogP) is 1.84. The fourth-order valence-corrected chi connectivity index (χ4v) is 3.83. The van der Waals surface area contributed by atoms with Gasteiger partial charge in [0, 0.05) is 13.6 Å². The molecule has 0 spiro atoms. The lowest BCUT2D eigenvalue weighted by Gasteiger charge is -2.27. The summed E-state index contributed by atoms with van der Waals surface area (Å²) in [5.74, 6) is 2.66. The summed E-state index contributed by atoms with van der Waals surface area (Å²) in [6, 6.07) is 0. The third-order valence-corrected chi connectivity index (χ3v) is 4.72. The lowest BCUT2D eigenvalue weighted by Crippen LogP contribution is -2.30. The third-order valence-electron chi connectivity index (χ3n) is 4.72. The topological polar surface area (TPSA) is 98.2 Å². The summed E-state index contributed by atoms with van der Waals surface area (Å²) >= 11 is 0. The Labute approximate surface area is 117 Å². The minimum absolute atomic E-state index is 0.0744. The van der Waals surface area contributed by atoms with E-state index >= 15 is 0 Å². The maximum Gasteiger partial charge on any atom is 0.329 e. The Bertz CT molecular complexity index is 535. The van der Waals surface area contributed by atoms with E-state index in [9.17, 15) is 10.1 Å². The van der Waals surface area contributed by atoms with Crippen LogP contribution in [0, 0.1) is 27.9 Å². The van der Waals surface area contributed by atoms with E-state index in [1.165, 1.54) is 31.9 Å². The molecule has 1 heterocycles. The van der Waals surface area contributed by atoms with Gasteiger partial charge in [0.15, 0.2) is 0 Å². The second-order valence-corrected chi connectivity index (χ2v) is 6.01. The van der Waals surface area contributed by atoms with Crippen molar-refractivity contribution < 1.29 is 4.92 Å². The van der Waals surface area contributed by atoms with E-state index in [2.05, 4.69) is 9.97 Å². The molecule has 2 bridgehead atoms. The molecule has 2 fully saturated rings. The molecule has 0 amide bonds. The Hall–Kier alpha value is -1.92. The maximum atomic E-state index is 11.1. The number of nitro groups is 1. The fourth-order valence-electron chi connectivity index (χ4n) is 3.83. The minimum atomic E-state index is -0.452. The van der Waals surface area contributed by atoms with Crippen LogP contribution < -0.4 is 10.6 Å². The molecule has 3 atom stereocenters. The average Bonchev–Trinajstić information content (AvgIpc) is 3.00. The van der Waals surface area contributed by atoms with E-state index < -0.39 is 4.92 Å². The van der Waals surface area contributed by atoms with Gasteiger partial charge in [-0.25, -0.2) is 4.98 Å². The van der Waals surface area contributed by atoms with Crippen LogP contribution in [0.15, 0.2) is 6.20 Å². The standard InChI is InChI=1S/C13H19N5O2/c1-17(7-10-5-8-2-3-9(10)4-8)12-11(18(19)20)6-15-13(14)16-12/h6,8-10H,2-5,7H2,1H3,(H2,14,15,16). The molecule has 0 aromatic carbocycles. The number of hydrogen-bond acceptors (Lipinski definition) is 6. The molecule has 7 heteroatoms. The highest BCUT2D eigenvalue weighted by atomic mass is 16.6. The molecule has 1 aromatic rings. The molecule has 0 saturated heterocycles. The highest BCUT2D eigenvalue weighted by Gasteiger charge is 2.40. The summed E-state index contributed by atoms with van der Waals surface area (Å²) in [6.07, 6.45) is 6.41. The number of anilines is 2. The van der Waals surface area contributed by atoms with Gasteiger partial charge in [-0.2, -0.15) is 4.98 Å². The zero-order chi connectivity index (χ0) is 14.3. The van der Waals surface area contributed by atoms with Crippen molar-refractivity contribution in [3.63, 3.8) is 0 Å². The SMILES string of the molecule is CN(CC1CC2CCC1C2)c1nc(N)ncc1[N+](=O)[O-]. The second kappa shape index (κ2) is 4.88. The van der Waals surface area contributed by atoms with Crippen LogP contribution in [0.1, 0.15) is 25.7 Å². The number of aromatic nitrogens is 2. The van der Waals surface area contributed by atoms with Crippen LogP contribution in [0.2, 0.25) is 0 Å². The molecule has 2 saturated carbocycles. The molecule has 2 N–H and O–H groups in total. The first-order valence-corrected chi connectivity index (χ1v) is 7.02. The average molecular weight is 277 g/mol. The molecule has 2 aliphatic rings. The summed E-state index contributed by atoms with van der Waals surface area (Å²) in [5, 5.41) is 11.1. The van der Waals surface area contributed by atoms with E-state index in [1.54, 1.807) is 0 Å². The fraction of sp³-hybridized carbons (Fsp3) is 0.692. The number of hydrogen-bond donors (Lipinski definition) is 1. The van der Waals surface area contributed by atoms with Crippen LogP contribution in [0.25, 0.3) is 0 Å². The van der Waals surface area contributed by atoms with Gasteiger partial charge in [0.25, 0.3) is 0 Å². The van der Waals surface area contributed by atoms with Crippen molar-refractivity contribution in [1.29, 1.82) is 0 Å². The monoisotopic (exact) mass is 277 g/mol. The minimum Gasteiger partial charge on any atom is -0.368 e. The van der Waals surface area contributed by atoms with Gasteiger partial charge in [-0.05, 0) is 37.0 Å². The first-order valence-electron chi connectivity index (χ1n) is 7.02. The number of nitrogens with zero attached hydrogens (tertiary/aromatic N) is 4. The largest absolute Gasteiger partial charge is 0.368 e. The Balaban J connectivity index is 1.78. The molecule has 20 heavy (non-hydrogen) atoms. The van der Waals surface area contributed by atoms with Crippen LogP contribution >= 0.6 is 0 Å². The number of nitrogen functional groups attached to an aromatic ring is 1. The Kier molecular flexibility index (Phi) is 3.19. The van der Waals surface area contributed by atoms with Gasteiger partial charge in [-0.15, -0.1) is 0 Å². The van der Waals surface area contributed by atoms with Gasteiger partial charge in [0.2, 0.25) is 11.8 Å². The van der Waals surface area contributed by atoms with Crippen LogP contribution in [-0.2, 0) is 0 Å². The highest BCUT2D eigenvalue weighted by molar-refractivity contribution is 5.57. The van der Waals surface area contributed by atoms with Crippen LogP contribution in [0.3, 0.4) is 0 Å². The van der Waals surface area contributed by atoms with Gasteiger partial charge in [0.1, 0.15) is 6.20 Å². The summed E-state index contributed by atoms with van der Waals surface area (Å²) in [4.78, 5) is 20.2. The van der Waals surface area contributed by atoms with Crippen molar-refractivity contribution in [1.82, 2.24) is 9.97 Å². The summed E-state index contributed by atoms with van der Waals surface area (Å²) in [7, 11) is 1.85. The molecule has 7 nitrogen and oxygen atoms in total. The normalized spacial score (nSPS) is 27.8. The van der Waals surface area contributed by atoms with E-state index in [-0.39, 0.29) is 11.6 Å². The maximum absolute atomic E-state index is 11.1. The van der Waals surface area contributed by atoms with E-state index in [4.69, 9.17) is 5.73 Å². The first kappa shape index (κ1) is 13.1. The molecule has 0 aliphatic heterocycles. The van der Waals surface area contributed by atoms with Crippen molar-refractivity contribution in [3.05, 3.63) is 16.3 Å². The van der Waals surface area contributed by atoms with Gasteiger partial charge in [-0.1, -0.05) is 6.42 Å². The van der Waals surface area contributed by atoms with Crippen molar-refractivity contribution >= 4 is 17.5 Å².